The van der Waals surface area contributed by atoms with Crippen LogP contribution in [0.25, 0.3) is 0 Å². The number of aromatic nitrogens is 2. The lowest BCUT2D eigenvalue weighted by atomic mass is 10.4. The first-order valence-electron chi connectivity index (χ1n) is 6.62. The summed E-state index contributed by atoms with van der Waals surface area (Å²) in [6.07, 6.45) is 0.633. The van der Waals surface area contributed by atoms with Gasteiger partial charge in [-0.3, -0.25) is 9.59 Å². The molecule has 0 fully saturated rings. The molecule has 0 bridgehead atoms. The van der Waals surface area contributed by atoms with Gasteiger partial charge in [0.25, 0.3) is 5.91 Å². The van der Waals surface area contributed by atoms with Gasteiger partial charge in [0.15, 0.2) is 5.82 Å². The Bertz CT molecular complexity index is 666. The Morgan fingerprint density at radius 3 is 2.91 bits per heavy atom. The van der Waals surface area contributed by atoms with Gasteiger partial charge in [-0.25, -0.2) is 4.98 Å². The summed E-state index contributed by atoms with van der Waals surface area (Å²) in [5, 5.41) is 8.69. The van der Waals surface area contributed by atoms with Crippen LogP contribution in [0.15, 0.2) is 16.0 Å². The monoisotopic (exact) mass is 323 g/mol. The molecule has 0 unspecified atom stereocenters. The van der Waals surface area contributed by atoms with E-state index >= 15 is 0 Å². The van der Waals surface area contributed by atoms with Gasteiger partial charge in [-0.2, -0.15) is 0 Å². The molecule has 0 saturated heterocycles. The van der Waals surface area contributed by atoms with Crippen molar-refractivity contribution in [1.29, 1.82) is 0 Å². The molecule has 2 aromatic rings. The van der Waals surface area contributed by atoms with Gasteiger partial charge in [0.2, 0.25) is 5.91 Å². The number of likely N-dealkylation sites (N-methyl/N-ethyl adjacent to an activating group) is 1. The number of nitrogens with zero attached hydrogens (tertiary/aromatic N) is 3. The van der Waals surface area contributed by atoms with Crippen molar-refractivity contribution in [2.24, 2.45) is 5.73 Å². The number of nitrogens with two attached hydrogens (primary N) is 1. The molecular weight excluding hydrogens is 306 g/mol. The van der Waals surface area contributed by atoms with Crippen molar-refractivity contribution in [3.05, 3.63) is 27.9 Å². The summed E-state index contributed by atoms with van der Waals surface area (Å²) in [4.78, 5) is 29.5. The van der Waals surface area contributed by atoms with E-state index < -0.39 is 0 Å². The van der Waals surface area contributed by atoms with Crippen LogP contribution in [-0.4, -0.2) is 47.0 Å². The Balaban J connectivity index is 1.91. The molecule has 3 N–H and O–H groups in total. The number of carbonyl (C=O) groups excluding carboxylic acids is 2. The molecule has 118 valence electrons. The molecule has 0 aliphatic heterocycles. The van der Waals surface area contributed by atoms with Crippen LogP contribution in [0.1, 0.15) is 21.3 Å². The standard InChI is InChI=1S/C13H17N5O3S/c1-8-5-10(17-21-8)16-11(19)6-18(2)13(20)9-7-22-12(15-9)3-4-14/h5,7H,3-4,6,14H2,1-2H3,(H,16,17,19). The molecule has 0 atom stereocenters. The van der Waals surface area contributed by atoms with E-state index in [1.54, 1.807) is 18.4 Å². The predicted octanol–water partition coefficient (Wildman–Crippen LogP) is 0.651. The number of carbonyl (C=O) groups is 2. The highest BCUT2D eigenvalue weighted by Gasteiger charge is 2.18. The Labute approximate surface area is 131 Å². The van der Waals surface area contributed by atoms with Gasteiger partial charge in [0, 0.05) is 24.9 Å². The molecule has 0 spiro atoms. The van der Waals surface area contributed by atoms with Gasteiger partial charge in [0.05, 0.1) is 11.6 Å². The minimum Gasteiger partial charge on any atom is -0.360 e. The van der Waals surface area contributed by atoms with Crippen molar-refractivity contribution in [1.82, 2.24) is 15.0 Å². The Hall–Kier alpha value is -2.26. The van der Waals surface area contributed by atoms with Crippen LogP contribution in [-0.2, 0) is 11.2 Å². The van der Waals surface area contributed by atoms with E-state index in [1.807, 2.05) is 0 Å². The normalized spacial score (nSPS) is 10.5. The molecule has 2 rings (SSSR count). The lowest BCUT2D eigenvalue weighted by Crippen LogP contribution is -2.35. The smallest absolute Gasteiger partial charge is 0.273 e. The quantitative estimate of drug-likeness (QED) is 0.807. The third-order valence-corrected chi connectivity index (χ3v) is 3.66. The van der Waals surface area contributed by atoms with Crippen molar-refractivity contribution in [2.75, 3.05) is 25.5 Å². The summed E-state index contributed by atoms with van der Waals surface area (Å²) < 4.78 is 4.85. The molecule has 2 heterocycles. The second kappa shape index (κ2) is 7.14. The molecule has 0 aliphatic carbocycles. The number of hydrogen-bond acceptors (Lipinski definition) is 7. The zero-order valence-corrected chi connectivity index (χ0v) is 13.1. The van der Waals surface area contributed by atoms with Gasteiger partial charge in [-0.05, 0) is 13.5 Å². The highest BCUT2D eigenvalue weighted by molar-refractivity contribution is 7.09. The maximum Gasteiger partial charge on any atom is 0.273 e. The Morgan fingerprint density at radius 1 is 1.50 bits per heavy atom. The fourth-order valence-electron chi connectivity index (χ4n) is 1.74. The number of thiazole rings is 1. The van der Waals surface area contributed by atoms with Crippen LogP contribution in [0.5, 0.6) is 0 Å². The summed E-state index contributed by atoms with van der Waals surface area (Å²) in [6.45, 7) is 2.10. The molecule has 2 aromatic heterocycles. The summed E-state index contributed by atoms with van der Waals surface area (Å²) >= 11 is 1.38. The molecule has 8 nitrogen and oxygen atoms in total. The molecule has 9 heteroatoms. The van der Waals surface area contributed by atoms with Crippen molar-refractivity contribution >= 4 is 29.0 Å². The minimum absolute atomic E-state index is 0.103. The molecule has 22 heavy (non-hydrogen) atoms. The van der Waals surface area contributed by atoms with Crippen molar-refractivity contribution < 1.29 is 14.1 Å². The van der Waals surface area contributed by atoms with E-state index in [1.165, 1.54) is 23.3 Å². The minimum atomic E-state index is -0.360. The van der Waals surface area contributed by atoms with E-state index in [4.69, 9.17) is 10.3 Å². The van der Waals surface area contributed by atoms with Gasteiger partial charge in [0.1, 0.15) is 11.5 Å². The molecule has 2 amide bonds. The zero-order valence-electron chi connectivity index (χ0n) is 12.3. The second-order valence-electron chi connectivity index (χ2n) is 4.70. The van der Waals surface area contributed by atoms with E-state index in [0.717, 1.165) is 5.01 Å². The average molecular weight is 323 g/mol. The van der Waals surface area contributed by atoms with Crippen molar-refractivity contribution in [3.63, 3.8) is 0 Å². The number of aryl methyl sites for hydroxylation is 1. The van der Waals surface area contributed by atoms with Crippen LogP contribution < -0.4 is 11.1 Å². The van der Waals surface area contributed by atoms with Crippen LogP contribution in [0, 0.1) is 6.92 Å². The van der Waals surface area contributed by atoms with Gasteiger partial charge < -0.3 is 20.5 Å². The molecular formula is C13H17N5O3S. The van der Waals surface area contributed by atoms with Crippen LogP contribution in [0.3, 0.4) is 0 Å². The van der Waals surface area contributed by atoms with Gasteiger partial charge in [-0.15, -0.1) is 11.3 Å². The fourth-order valence-corrected chi connectivity index (χ4v) is 2.53. The first-order chi connectivity index (χ1) is 10.5. The van der Waals surface area contributed by atoms with Crippen LogP contribution in [0.4, 0.5) is 5.82 Å². The molecule has 0 radical (unpaired) electrons. The maximum atomic E-state index is 12.2. The summed E-state index contributed by atoms with van der Waals surface area (Å²) in [5.74, 6) is 0.240. The molecule has 0 aliphatic rings. The highest BCUT2D eigenvalue weighted by Crippen LogP contribution is 2.12. The SMILES string of the molecule is Cc1cc(NC(=O)CN(C)C(=O)c2csc(CCN)n2)no1. The molecule has 0 aromatic carbocycles. The first kappa shape index (κ1) is 16.1. The second-order valence-corrected chi connectivity index (χ2v) is 5.64. The maximum absolute atomic E-state index is 12.2. The van der Waals surface area contributed by atoms with Crippen molar-refractivity contribution in [3.8, 4) is 0 Å². The number of hydrogen-bond donors (Lipinski definition) is 2. The lowest BCUT2D eigenvalue weighted by Gasteiger charge is -2.14. The summed E-state index contributed by atoms with van der Waals surface area (Å²) in [7, 11) is 1.54. The fraction of sp³-hybridized carbons (Fsp3) is 0.385. The van der Waals surface area contributed by atoms with Gasteiger partial charge >= 0.3 is 0 Å². The van der Waals surface area contributed by atoms with E-state index in [9.17, 15) is 9.59 Å². The Morgan fingerprint density at radius 2 is 2.27 bits per heavy atom. The lowest BCUT2D eigenvalue weighted by molar-refractivity contribution is -0.116. The van der Waals surface area contributed by atoms with Crippen molar-refractivity contribution in [2.45, 2.75) is 13.3 Å². The predicted molar refractivity (Wildman–Crippen MR) is 81.7 cm³/mol. The number of rotatable bonds is 6. The highest BCUT2D eigenvalue weighted by atomic mass is 32.1. The summed E-state index contributed by atoms with van der Waals surface area (Å²) in [5.41, 5.74) is 5.77. The topological polar surface area (TPSA) is 114 Å². The largest absolute Gasteiger partial charge is 0.360 e. The Kier molecular flexibility index (Phi) is 5.23. The number of amides is 2. The third kappa shape index (κ3) is 4.12. The number of nitrogens with one attached hydrogen (secondary N) is 1. The average Bonchev–Trinajstić information content (AvgIpc) is 3.07. The third-order valence-electron chi connectivity index (χ3n) is 2.75. The zero-order chi connectivity index (χ0) is 16.1. The van der Waals surface area contributed by atoms with E-state index in [0.29, 0.717) is 30.2 Å². The number of anilines is 1. The molecule has 0 saturated carbocycles. The van der Waals surface area contributed by atoms with E-state index in [2.05, 4.69) is 15.5 Å². The van der Waals surface area contributed by atoms with Crippen LogP contribution >= 0.6 is 11.3 Å². The summed E-state index contributed by atoms with van der Waals surface area (Å²) in [6, 6.07) is 1.60. The first-order valence-corrected chi connectivity index (χ1v) is 7.50. The van der Waals surface area contributed by atoms with E-state index in [-0.39, 0.29) is 18.4 Å². The van der Waals surface area contributed by atoms with Crippen LogP contribution in [0.2, 0.25) is 0 Å². The van der Waals surface area contributed by atoms with Gasteiger partial charge in [-0.1, -0.05) is 5.16 Å².